The lowest BCUT2D eigenvalue weighted by molar-refractivity contribution is -0.262. The number of hydrogen-bond donors (Lipinski definition) is 0. The van der Waals surface area contributed by atoms with Crippen LogP contribution in [0.3, 0.4) is 0 Å². The van der Waals surface area contributed by atoms with Gasteiger partial charge in [0, 0.05) is 11.6 Å². The summed E-state index contributed by atoms with van der Waals surface area (Å²) in [6.45, 7) is 7.86. The van der Waals surface area contributed by atoms with Crippen molar-refractivity contribution in [3.63, 3.8) is 0 Å². The van der Waals surface area contributed by atoms with Gasteiger partial charge >= 0.3 is 0 Å². The summed E-state index contributed by atoms with van der Waals surface area (Å²) >= 11 is 0. The van der Waals surface area contributed by atoms with Crippen molar-refractivity contribution in [2.24, 2.45) is 0 Å². The number of hydrogen-bond acceptors (Lipinski definition) is 3. The van der Waals surface area contributed by atoms with Crippen LogP contribution < -0.4 is 9.47 Å². The zero-order valence-electron chi connectivity index (χ0n) is 14.8. The van der Waals surface area contributed by atoms with Gasteiger partial charge in [0.25, 0.3) is 0 Å². The summed E-state index contributed by atoms with van der Waals surface area (Å²) in [5.74, 6) is 1.51. The van der Waals surface area contributed by atoms with Gasteiger partial charge in [0.2, 0.25) is 0 Å². The monoisotopic (exact) mass is 316 g/mol. The van der Waals surface area contributed by atoms with Crippen molar-refractivity contribution in [2.75, 3.05) is 14.2 Å². The number of hydroxylamine groups is 2. The SMILES string of the molecule is COc1cc(/C=C/C2=CC(C)(C)N([O])C(C)(C)C2)cc(OC)c1. The quantitative estimate of drug-likeness (QED) is 0.834. The highest BCUT2D eigenvalue weighted by molar-refractivity contribution is 5.58. The molecule has 0 bridgehead atoms. The van der Waals surface area contributed by atoms with E-state index in [1.54, 1.807) is 14.2 Å². The van der Waals surface area contributed by atoms with Gasteiger partial charge < -0.3 is 9.47 Å². The van der Waals surface area contributed by atoms with E-state index in [9.17, 15) is 5.21 Å². The Labute approximate surface area is 139 Å². The Morgan fingerprint density at radius 2 is 1.57 bits per heavy atom. The average molecular weight is 316 g/mol. The van der Waals surface area contributed by atoms with Gasteiger partial charge in [-0.2, -0.15) is 0 Å². The lowest BCUT2D eigenvalue weighted by Gasteiger charge is -2.45. The number of ether oxygens (including phenoxy) is 2. The van der Waals surface area contributed by atoms with E-state index in [-0.39, 0.29) is 0 Å². The Bertz CT molecular complexity index is 607. The lowest BCUT2D eigenvalue weighted by Crippen LogP contribution is -2.54. The summed E-state index contributed by atoms with van der Waals surface area (Å²) in [6, 6.07) is 5.76. The van der Waals surface area contributed by atoms with Crippen molar-refractivity contribution < 1.29 is 14.7 Å². The maximum absolute atomic E-state index is 12.4. The van der Waals surface area contributed by atoms with Crippen LogP contribution in [0.2, 0.25) is 0 Å². The first-order valence-electron chi connectivity index (χ1n) is 7.78. The second-order valence-electron chi connectivity index (χ2n) is 7.14. The van der Waals surface area contributed by atoms with Gasteiger partial charge in [-0.1, -0.05) is 18.2 Å². The zero-order valence-corrected chi connectivity index (χ0v) is 14.8. The molecule has 1 aliphatic rings. The topological polar surface area (TPSA) is 41.6 Å². The summed E-state index contributed by atoms with van der Waals surface area (Å²) in [4.78, 5) is 0. The van der Waals surface area contributed by atoms with Gasteiger partial charge in [-0.3, -0.25) is 0 Å². The van der Waals surface area contributed by atoms with E-state index in [0.29, 0.717) is 0 Å². The second-order valence-corrected chi connectivity index (χ2v) is 7.14. The molecular formula is C19H26NO3. The van der Waals surface area contributed by atoms with Crippen LogP contribution >= 0.6 is 0 Å². The Hall–Kier alpha value is -1.78. The van der Waals surface area contributed by atoms with Crippen LogP contribution in [-0.4, -0.2) is 30.4 Å². The highest BCUT2D eigenvalue weighted by atomic mass is 16.5. The fourth-order valence-corrected chi connectivity index (χ4v) is 3.15. The molecule has 2 rings (SSSR count). The summed E-state index contributed by atoms with van der Waals surface area (Å²) in [5.41, 5.74) is 1.24. The average Bonchev–Trinajstić information content (AvgIpc) is 2.49. The molecule has 125 valence electrons. The van der Waals surface area contributed by atoms with Crippen LogP contribution in [0.15, 0.2) is 35.9 Å². The predicted molar refractivity (Wildman–Crippen MR) is 92.0 cm³/mol. The van der Waals surface area contributed by atoms with E-state index in [1.165, 1.54) is 5.06 Å². The van der Waals surface area contributed by atoms with Crippen LogP contribution in [0, 0.1) is 0 Å². The maximum atomic E-state index is 12.4. The number of benzene rings is 1. The fourth-order valence-electron chi connectivity index (χ4n) is 3.15. The first-order valence-corrected chi connectivity index (χ1v) is 7.78. The molecule has 1 aromatic rings. The molecule has 0 aromatic heterocycles. The van der Waals surface area contributed by atoms with Gasteiger partial charge in [0.05, 0.1) is 19.8 Å². The zero-order chi connectivity index (χ0) is 17.3. The molecule has 0 N–H and O–H groups in total. The molecule has 0 saturated heterocycles. The maximum Gasteiger partial charge on any atom is 0.123 e. The van der Waals surface area contributed by atoms with Crippen LogP contribution in [-0.2, 0) is 5.21 Å². The first kappa shape index (κ1) is 17.6. The molecule has 4 heteroatoms. The number of rotatable bonds is 4. The molecule has 4 nitrogen and oxygen atoms in total. The normalized spacial score (nSPS) is 20.4. The Morgan fingerprint density at radius 1 is 1.00 bits per heavy atom. The molecular weight excluding hydrogens is 290 g/mol. The van der Waals surface area contributed by atoms with Gasteiger partial charge in [-0.25, -0.2) is 0 Å². The molecule has 0 amide bonds. The molecule has 1 aromatic carbocycles. The number of methoxy groups -OCH3 is 2. The molecule has 0 saturated carbocycles. The number of allylic oxidation sites excluding steroid dienone is 1. The third kappa shape index (κ3) is 3.95. The van der Waals surface area contributed by atoms with E-state index in [2.05, 4.69) is 6.08 Å². The summed E-state index contributed by atoms with van der Waals surface area (Å²) in [7, 11) is 3.28. The van der Waals surface area contributed by atoms with Gasteiger partial charge in [0.1, 0.15) is 11.5 Å². The molecule has 0 atom stereocenters. The summed E-state index contributed by atoms with van der Waals surface area (Å²) in [6.07, 6.45) is 6.87. The van der Waals surface area contributed by atoms with Crippen LogP contribution in [0.5, 0.6) is 11.5 Å². The molecule has 23 heavy (non-hydrogen) atoms. The lowest BCUT2D eigenvalue weighted by atomic mass is 9.82. The smallest absolute Gasteiger partial charge is 0.123 e. The highest BCUT2D eigenvalue weighted by Crippen LogP contribution is 2.36. The van der Waals surface area contributed by atoms with Gasteiger partial charge in [-0.05, 0) is 57.4 Å². The predicted octanol–water partition coefficient (Wildman–Crippen LogP) is 4.25. The van der Waals surface area contributed by atoms with Crippen LogP contribution in [0.25, 0.3) is 6.08 Å². The van der Waals surface area contributed by atoms with Crippen molar-refractivity contribution in [2.45, 2.75) is 45.2 Å². The van der Waals surface area contributed by atoms with Crippen LogP contribution in [0.1, 0.15) is 39.7 Å². The molecule has 1 heterocycles. The Morgan fingerprint density at radius 3 is 2.04 bits per heavy atom. The molecule has 0 spiro atoms. The molecule has 0 fully saturated rings. The van der Waals surface area contributed by atoms with Crippen molar-refractivity contribution >= 4 is 6.08 Å². The van der Waals surface area contributed by atoms with Crippen molar-refractivity contribution in [3.8, 4) is 11.5 Å². The first-order chi connectivity index (χ1) is 10.7. The molecule has 0 unspecified atom stereocenters. The Kier molecular flexibility index (Phi) is 4.87. The minimum absolute atomic E-state index is 0.413. The molecule has 1 aliphatic heterocycles. The van der Waals surface area contributed by atoms with E-state index in [1.807, 2.05) is 58.0 Å². The van der Waals surface area contributed by atoms with E-state index >= 15 is 0 Å². The van der Waals surface area contributed by atoms with E-state index in [0.717, 1.165) is 29.1 Å². The third-order valence-corrected chi connectivity index (χ3v) is 4.11. The van der Waals surface area contributed by atoms with E-state index < -0.39 is 11.1 Å². The molecule has 0 aliphatic carbocycles. The van der Waals surface area contributed by atoms with Crippen LogP contribution in [0.4, 0.5) is 0 Å². The van der Waals surface area contributed by atoms with E-state index in [4.69, 9.17) is 9.47 Å². The van der Waals surface area contributed by atoms with Gasteiger partial charge in [0.15, 0.2) is 0 Å². The highest BCUT2D eigenvalue weighted by Gasteiger charge is 2.41. The Balaban J connectivity index is 2.30. The largest absolute Gasteiger partial charge is 0.497 e. The standard InChI is InChI=1S/C19H26NO3/c1-18(2)12-15(13-19(3,4)20(18)21)8-7-14-9-16(22-5)11-17(10-14)23-6/h7-12H,13H2,1-6H3/b8-7+. The van der Waals surface area contributed by atoms with Crippen molar-refractivity contribution in [3.05, 3.63) is 41.5 Å². The second kappa shape index (κ2) is 6.38. The molecule has 1 radical (unpaired) electrons. The summed E-state index contributed by atoms with van der Waals surface area (Å²) in [5, 5.41) is 13.6. The third-order valence-electron chi connectivity index (χ3n) is 4.11. The summed E-state index contributed by atoms with van der Waals surface area (Å²) < 4.78 is 10.6. The van der Waals surface area contributed by atoms with Crippen molar-refractivity contribution in [1.82, 2.24) is 5.06 Å². The van der Waals surface area contributed by atoms with Gasteiger partial charge in [-0.15, -0.1) is 10.3 Å². The fraction of sp³-hybridized carbons (Fsp3) is 0.474. The minimum Gasteiger partial charge on any atom is -0.497 e. The minimum atomic E-state index is -0.506. The van der Waals surface area contributed by atoms with Crippen molar-refractivity contribution in [1.29, 1.82) is 0 Å². The number of nitrogens with zero attached hydrogens (tertiary/aromatic N) is 1.